The van der Waals surface area contributed by atoms with Gasteiger partial charge in [-0.05, 0) is 44.2 Å². The number of nitrogens with zero attached hydrogens (tertiary/aromatic N) is 3. The molecule has 3 rings (SSSR count). The Kier molecular flexibility index (Phi) is 4.52. The summed E-state index contributed by atoms with van der Waals surface area (Å²) in [6.45, 7) is 5.04. The summed E-state index contributed by atoms with van der Waals surface area (Å²) in [5.74, 6) is 2.74. The van der Waals surface area contributed by atoms with Crippen molar-refractivity contribution in [1.82, 2.24) is 20.2 Å². The van der Waals surface area contributed by atoms with Crippen LogP contribution in [0.2, 0.25) is 0 Å². The number of aromatic nitrogens is 4. The number of rotatable bonds is 6. The third-order valence-corrected chi connectivity index (χ3v) is 3.24. The van der Waals surface area contributed by atoms with Gasteiger partial charge in [0.1, 0.15) is 0 Å². The Hall–Kier alpha value is -2.89. The molecule has 0 radical (unpaired) electrons. The Morgan fingerprint density at radius 2 is 1.65 bits per heavy atom. The van der Waals surface area contributed by atoms with Gasteiger partial charge in [0.05, 0.1) is 13.2 Å². The van der Waals surface area contributed by atoms with E-state index in [0.717, 1.165) is 16.9 Å². The van der Waals surface area contributed by atoms with E-state index in [1.54, 1.807) is 12.4 Å². The number of H-pyrrole nitrogens is 1. The highest BCUT2D eigenvalue weighted by molar-refractivity contribution is 5.64. The minimum absolute atomic E-state index is 0.569. The molecular weight excluding hydrogens is 292 g/mol. The molecule has 0 aliphatic rings. The summed E-state index contributed by atoms with van der Waals surface area (Å²) >= 11 is 0. The molecule has 23 heavy (non-hydrogen) atoms. The molecule has 6 heteroatoms. The van der Waals surface area contributed by atoms with Crippen LogP contribution in [0.15, 0.2) is 42.7 Å². The lowest BCUT2D eigenvalue weighted by Gasteiger charge is -2.11. The summed E-state index contributed by atoms with van der Waals surface area (Å²) in [4.78, 5) is 8.54. The van der Waals surface area contributed by atoms with Crippen LogP contribution in [0.4, 0.5) is 0 Å². The molecule has 0 fully saturated rings. The van der Waals surface area contributed by atoms with Crippen LogP contribution in [-0.2, 0) is 0 Å². The maximum Gasteiger partial charge on any atom is 0.181 e. The maximum absolute atomic E-state index is 5.64. The van der Waals surface area contributed by atoms with E-state index in [1.165, 1.54) is 0 Å². The van der Waals surface area contributed by atoms with Crippen molar-refractivity contribution in [2.24, 2.45) is 0 Å². The molecule has 1 N–H and O–H groups in total. The molecule has 2 aromatic heterocycles. The van der Waals surface area contributed by atoms with Crippen LogP contribution in [0.25, 0.3) is 22.8 Å². The van der Waals surface area contributed by atoms with Crippen molar-refractivity contribution in [2.75, 3.05) is 13.2 Å². The Labute approximate surface area is 134 Å². The van der Waals surface area contributed by atoms with Gasteiger partial charge in [0.2, 0.25) is 0 Å². The van der Waals surface area contributed by atoms with Gasteiger partial charge in [-0.1, -0.05) is 0 Å². The number of hydrogen-bond donors (Lipinski definition) is 1. The molecule has 0 bridgehead atoms. The second-order valence-electron chi connectivity index (χ2n) is 4.77. The molecular formula is C17H18N4O2. The lowest BCUT2D eigenvalue weighted by molar-refractivity contribution is 0.288. The summed E-state index contributed by atoms with van der Waals surface area (Å²) in [5, 5.41) is 7.24. The van der Waals surface area contributed by atoms with Crippen LogP contribution in [0.5, 0.6) is 11.5 Å². The average Bonchev–Trinajstić information content (AvgIpc) is 3.08. The van der Waals surface area contributed by atoms with E-state index >= 15 is 0 Å². The van der Waals surface area contributed by atoms with E-state index < -0.39 is 0 Å². The first-order chi connectivity index (χ1) is 11.3. The number of hydrogen-bond acceptors (Lipinski definition) is 5. The highest BCUT2D eigenvalue weighted by atomic mass is 16.5. The molecule has 0 aliphatic carbocycles. The minimum atomic E-state index is 0.569. The number of ether oxygens (including phenoxy) is 2. The van der Waals surface area contributed by atoms with Crippen LogP contribution in [0.1, 0.15) is 13.8 Å². The fraction of sp³-hybridized carbons (Fsp3) is 0.235. The maximum atomic E-state index is 5.64. The number of pyridine rings is 1. The fourth-order valence-corrected chi connectivity index (χ4v) is 2.22. The van der Waals surface area contributed by atoms with Crippen LogP contribution in [-0.4, -0.2) is 33.4 Å². The van der Waals surface area contributed by atoms with Crippen molar-refractivity contribution in [1.29, 1.82) is 0 Å². The van der Waals surface area contributed by atoms with Crippen LogP contribution in [0.3, 0.4) is 0 Å². The van der Waals surface area contributed by atoms with E-state index in [4.69, 9.17) is 9.47 Å². The van der Waals surface area contributed by atoms with Crippen LogP contribution >= 0.6 is 0 Å². The van der Waals surface area contributed by atoms with Gasteiger partial charge in [-0.15, -0.1) is 0 Å². The fourth-order valence-electron chi connectivity index (χ4n) is 2.22. The predicted molar refractivity (Wildman–Crippen MR) is 87.4 cm³/mol. The first kappa shape index (κ1) is 15.0. The van der Waals surface area contributed by atoms with Gasteiger partial charge >= 0.3 is 0 Å². The van der Waals surface area contributed by atoms with E-state index in [2.05, 4.69) is 20.2 Å². The summed E-state index contributed by atoms with van der Waals surface area (Å²) in [6.07, 6.45) is 3.45. The van der Waals surface area contributed by atoms with Gasteiger partial charge in [-0.2, -0.15) is 5.10 Å². The van der Waals surface area contributed by atoms with Crippen molar-refractivity contribution >= 4 is 0 Å². The summed E-state index contributed by atoms with van der Waals surface area (Å²) in [5.41, 5.74) is 1.81. The molecule has 1 aromatic carbocycles. The molecule has 6 nitrogen and oxygen atoms in total. The Morgan fingerprint density at radius 1 is 0.913 bits per heavy atom. The highest BCUT2D eigenvalue weighted by Crippen LogP contribution is 2.32. The Balaban J connectivity index is 1.93. The lowest BCUT2D eigenvalue weighted by Crippen LogP contribution is -1.98. The quantitative estimate of drug-likeness (QED) is 0.756. The number of aromatic amines is 1. The third kappa shape index (κ3) is 3.31. The molecule has 0 atom stereocenters. The molecule has 0 saturated carbocycles. The molecule has 0 spiro atoms. The average molecular weight is 310 g/mol. The second-order valence-corrected chi connectivity index (χ2v) is 4.77. The Morgan fingerprint density at radius 3 is 2.39 bits per heavy atom. The predicted octanol–water partition coefficient (Wildman–Crippen LogP) is 3.33. The first-order valence-corrected chi connectivity index (χ1v) is 7.54. The van der Waals surface area contributed by atoms with E-state index in [0.29, 0.717) is 30.6 Å². The third-order valence-electron chi connectivity index (χ3n) is 3.24. The topological polar surface area (TPSA) is 72.9 Å². The SMILES string of the molecule is CCOc1ccc(-c2n[nH]c(-c3ccncc3)n2)cc1OCC. The van der Waals surface area contributed by atoms with Crippen molar-refractivity contribution < 1.29 is 9.47 Å². The van der Waals surface area contributed by atoms with Gasteiger partial charge in [0, 0.05) is 23.5 Å². The van der Waals surface area contributed by atoms with Gasteiger partial charge in [0.25, 0.3) is 0 Å². The van der Waals surface area contributed by atoms with Crippen LogP contribution < -0.4 is 9.47 Å². The molecule has 0 unspecified atom stereocenters. The molecule has 3 aromatic rings. The van der Waals surface area contributed by atoms with Gasteiger partial charge in [0.15, 0.2) is 23.1 Å². The first-order valence-electron chi connectivity index (χ1n) is 7.54. The lowest BCUT2D eigenvalue weighted by atomic mass is 10.2. The second kappa shape index (κ2) is 6.91. The van der Waals surface area contributed by atoms with Gasteiger partial charge in [-0.25, -0.2) is 4.98 Å². The van der Waals surface area contributed by atoms with Crippen molar-refractivity contribution in [2.45, 2.75) is 13.8 Å². The van der Waals surface area contributed by atoms with E-state index in [1.807, 2.05) is 44.2 Å². The molecule has 2 heterocycles. The van der Waals surface area contributed by atoms with Crippen molar-refractivity contribution in [3.05, 3.63) is 42.7 Å². The normalized spacial score (nSPS) is 10.5. The van der Waals surface area contributed by atoms with Gasteiger partial charge in [-0.3, -0.25) is 10.1 Å². The highest BCUT2D eigenvalue weighted by Gasteiger charge is 2.12. The Bertz CT molecular complexity index is 771. The summed E-state index contributed by atoms with van der Waals surface area (Å²) in [6, 6.07) is 9.47. The monoisotopic (exact) mass is 310 g/mol. The van der Waals surface area contributed by atoms with E-state index in [9.17, 15) is 0 Å². The van der Waals surface area contributed by atoms with E-state index in [-0.39, 0.29) is 0 Å². The van der Waals surface area contributed by atoms with Gasteiger partial charge < -0.3 is 9.47 Å². The molecule has 0 amide bonds. The zero-order valence-corrected chi connectivity index (χ0v) is 13.1. The number of nitrogens with one attached hydrogen (secondary N) is 1. The standard InChI is InChI=1S/C17H18N4O2/c1-3-22-14-6-5-13(11-15(14)23-4-2)17-19-16(20-21-17)12-7-9-18-10-8-12/h5-11H,3-4H2,1-2H3,(H,19,20,21). The zero-order chi connectivity index (χ0) is 16.1. The zero-order valence-electron chi connectivity index (χ0n) is 13.1. The summed E-state index contributed by atoms with van der Waals surface area (Å²) in [7, 11) is 0. The van der Waals surface area contributed by atoms with Crippen molar-refractivity contribution in [3.63, 3.8) is 0 Å². The smallest absolute Gasteiger partial charge is 0.181 e. The van der Waals surface area contributed by atoms with Crippen LogP contribution in [0, 0.1) is 0 Å². The largest absolute Gasteiger partial charge is 0.490 e. The van der Waals surface area contributed by atoms with Crippen molar-refractivity contribution in [3.8, 4) is 34.3 Å². The molecule has 0 saturated heterocycles. The minimum Gasteiger partial charge on any atom is -0.490 e. The number of benzene rings is 1. The molecule has 118 valence electrons. The molecule has 0 aliphatic heterocycles. The summed E-state index contributed by atoms with van der Waals surface area (Å²) < 4.78 is 11.2.